The summed E-state index contributed by atoms with van der Waals surface area (Å²) in [5, 5.41) is 15.0. The fourth-order valence-corrected chi connectivity index (χ4v) is 8.66. The second-order valence-electron chi connectivity index (χ2n) is 17.2. The van der Waals surface area contributed by atoms with E-state index in [1.54, 1.807) is 69.7 Å². The Balaban J connectivity index is 1.26. The minimum atomic E-state index is -0.685. The largest absolute Gasteiger partial charge is 0.491 e. The Labute approximate surface area is 393 Å². The molecular weight excluding hydrogens is 875 g/mol. The number of nitrogens with one attached hydrogen (secondary N) is 2. The van der Waals surface area contributed by atoms with Crippen LogP contribution in [0.15, 0.2) is 36.4 Å². The normalized spacial score (nSPS) is 13.4. The summed E-state index contributed by atoms with van der Waals surface area (Å²) >= 11 is 0. The summed E-state index contributed by atoms with van der Waals surface area (Å²) in [6.07, 6.45) is 1.51. The van der Waals surface area contributed by atoms with Crippen molar-refractivity contribution in [3.05, 3.63) is 70.3 Å². The summed E-state index contributed by atoms with van der Waals surface area (Å²) in [5.41, 5.74) is 17.0. The lowest BCUT2D eigenvalue weighted by Crippen LogP contribution is -2.38. The molecule has 5 heterocycles. The minimum Gasteiger partial charge on any atom is -0.491 e. The Kier molecular flexibility index (Phi) is 14.8. The van der Waals surface area contributed by atoms with Crippen LogP contribution in [0.2, 0.25) is 0 Å². The number of aromatic nitrogens is 8. The quantitative estimate of drug-likeness (QED) is 0.0713. The molecule has 0 saturated carbocycles. The average molecular weight is 936 g/mol. The van der Waals surface area contributed by atoms with Gasteiger partial charge in [0.25, 0.3) is 11.8 Å². The minimum absolute atomic E-state index is 0.0326. The molecule has 22 nitrogen and oxygen atoms in total. The molecule has 0 radical (unpaired) electrons. The van der Waals surface area contributed by atoms with Gasteiger partial charge >= 0.3 is 0 Å². The third kappa shape index (κ3) is 10.3. The second-order valence-corrected chi connectivity index (χ2v) is 17.2. The second kappa shape index (κ2) is 20.7. The molecule has 0 unspecified atom stereocenters. The van der Waals surface area contributed by atoms with E-state index in [9.17, 15) is 24.0 Å². The first-order chi connectivity index (χ1) is 32.5. The third-order valence-corrected chi connectivity index (χ3v) is 11.9. The number of ether oxygens (including phenoxy) is 2. The molecule has 0 spiro atoms. The van der Waals surface area contributed by atoms with E-state index in [1.165, 1.54) is 0 Å². The summed E-state index contributed by atoms with van der Waals surface area (Å²) in [7, 11) is 7.02. The molecule has 0 fully saturated rings. The maximum atomic E-state index is 14.0. The van der Waals surface area contributed by atoms with Crippen molar-refractivity contribution in [3.63, 3.8) is 0 Å². The zero-order valence-corrected chi connectivity index (χ0v) is 40.0. The van der Waals surface area contributed by atoms with Crippen LogP contribution >= 0.6 is 0 Å². The highest BCUT2D eigenvalue weighted by molar-refractivity contribution is 6.06. The summed E-state index contributed by atoms with van der Waals surface area (Å²) in [6, 6.07) is 9.66. The number of hydrogen-bond donors (Lipinski definition) is 4. The Morgan fingerprint density at radius 1 is 0.765 bits per heavy atom. The number of methoxy groups -OCH3 is 1. The molecule has 362 valence electrons. The summed E-state index contributed by atoms with van der Waals surface area (Å²) in [6.45, 7) is 10.9. The van der Waals surface area contributed by atoms with Gasteiger partial charge in [-0.3, -0.25) is 44.0 Å². The van der Waals surface area contributed by atoms with Crippen LogP contribution in [0.3, 0.4) is 0 Å². The number of nitrogens with two attached hydrogens (primary N) is 2. The number of carbonyl (C=O) groups is 5. The topological polar surface area (TPSA) is 261 Å². The monoisotopic (exact) mass is 935 g/mol. The lowest BCUT2D eigenvalue weighted by Gasteiger charge is -2.36. The van der Waals surface area contributed by atoms with Crippen LogP contribution in [-0.2, 0) is 29.2 Å². The standard InChI is InChI=1S/C46H61N15O7/c1-9-59-35(19-27(3)53-59)43(65)51-45-49-33-22-30(42(48)64)24-37(68-17-12-14-56(7)38(62)26-55(5)6)40(33)58(45)15-11-13-31-25-57(16-18-67-8)34-23-29(41(47)63)21-32-39(34)61(31)46(50-32)52-44(66)36-20-28(4)54-60(36)10-2/h19-24,31H,9-18,25-26H2,1-8H3,(H2,47,63)(H2,48,64)(H,49,51,65)(H,50,52,66)/t31-/m0/s1. The Bertz CT molecular complexity index is 2870. The van der Waals surface area contributed by atoms with Crippen molar-refractivity contribution < 1.29 is 33.4 Å². The molecule has 5 amide bonds. The average Bonchev–Trinajstić information content (AvgIpc) is 4.07. The number of rotatable bonds is 22. The molecule has 6 aromatic rings. The maximum Gasteiger partial charge on any atom is 0.276 e. The number of likely N-dealkylation sites (N-methyl/N-ethyl adjacent to an activating group) is 2. The number of benzene rings is 2. The number of imidazole rings is 2. The van der Waals surface area contributed by atoms with Gasteiger partial charge in [-0.1, -0.05) is 0 Å². The zero-order chi connectivity index (χ0) is 49.0. The first-order valence-corrected chi connectivity index (χ1v) is 22.7. The maximum absolute atomic E-state index is 14.0. The van der Waals surface area contributed by atoms with E-state index in [2.05, 4.69) is 25.7 Å². The van der Waals surface area contributed by atoms with Crippen LogP contribution in [-0.4, -0.2) is 146 Å². The fourth-order valence-electron chi connectivity index (χ4n) is 8.66. The van der Waals surface area contributed by atoms with E-state index in [1.807, 2.05) is 50.9 Å². The molecule has 1 aliphatic heterocycles. The first kappa shape index (κ1) is 48.6. The highest BCUT2D eigenvalue weighted by Gasteiger charge is 2.32. The molecular formula is C46H61N15O7. The van der Waals surface area contributed by atoms with E-state index in [4.69, 9.17) is 30.9 Å². The molecule has 68 heavy (non-hydrogen) atoms. The molecule has 0 aliphatic carbocycles. The summed E-state index contributed by atoms with van der Waals surface area (Å²) in [4.78, 5) is 81.2. The third-order valence-electron chi connectivity index (χ3n) is 11.9. The Morgan fingerprint density at radius 3 is 1.94 bits per heavy atom. The SMILES string of the molecule is CCn1nc(C)cc1C(=O)Nc1nc2cc(C(N)=O)cc(OCCCN(C)C(=O)CN(C)C)c2n1CCC[C@H]1CN(CCOC)c2cc(C(N)=O)cc3nc(NC(=O)c4cc(C)nn4CC)n1c23. The molecule has 4 aromatic heterocycles. The molecule has 22 heteroatoms. The van der Waals surface area contributed by atoms with Gasteiger partial charge in [0.15, 0.2) is 0 Å². The lowest BCUT2D eigenvalue weighted by molar-refractivity contribution is -0.130. The van der Waals surface area contributed by atoms with Crippen molar-refractivity contribution in [1.29, 1.82) is 0 Å². The van der Waals surface area contributed by atoms with Gasteiger partial charge in [0.2, 0.25) is 29.6 Å². The van der Waals surface area contributed by atoms with Crippen molar-refractivity contribution >= 4 is 69.2 Å². The number of nitrogens with zero attached hydrogens (tertiary/aromatic N) is 11. The van der Waals surface area contributed by atoms with Crippen LogP contribution in [0.4, 0.5) is 17.6 Å². The fraction of sp³-hybridized carbons (Fsp3) is 0.457. The van der Waals surface area contributed by atoms with Crippen LogP contribution in [0.1, 0.15) is 92.2 Å². The highest BCUT2D eigenvalue weighted by Crippen LogP contribution is 2.41. The zero-order valence-electron chi connectivity index (χ0n) is 40.0. The van der Waals surface area contributed by atoms with Crippen LogP contribution < -0.4 is 31.7 Å². The number of carbonyl (C=O) groups excluding carboxylic acids is 5. The van der Waals surface area contributed by atoms with Crippen molar-refractivity contribution in [2.75, 3.05) is 83.2 Å². The van der Waals surface area contributed by atoms with Crippen molar-refractivity contribution in [2.45, 2.75) is 72.6 Å². The van der Waals surface area contributed by atoms with Gasteiger partial charge in [0.1, 0.15) is 22.7 Å². The van der Waals surface area contributed by atoms with Gasteiger partial charge < -0.3 is 44.8 Å². The van der Waals surface area contributed by atoms with Crippen molar-refractivity contribution in [3.8, 4) is 5.75 Å². The highest BCUT2D eigenvalue weighted by atomic mass is 16.5. The molecule has 1 aliphatic rings. The van der Waals surface area contributed by atoms with Gasteiger partial charge in [-0.2, -0.15) is 10.2 Å². The van der Waals surface area contributed by atoms with Crippen molar-refractivity contribution in [1.82, 2.24) is 48.5 Å². The van der Waals surface area contributed by atoms with Crippen LogP contribution in [0.5, 0.6) is 5.75 Å². The van der Waals surface area contributed by atoms with Crippen LogP contribution in [0.25, 0.3) is 22.1 Å². The van der Waals surface area contributed by atoms with Gasteiger partial charge in [0, 0.05) is 64.6 Å². The van der Waals surface area contributed by atoms with E-state index < -0.39 is 23.6 Å². The molecule has 1 atom stereocenters. The smallest absolute Gasteiger partial charge is 0.276 e. The number of anilines is 3. The van der Waals surface area contributed by atoms with Gasteiger partial charge in [-0.15, -0.1) is 0 Å². The molecule has 7 rings (SSSR count). The Morgan fingerprint density at radius 2 is 1.35 bits per heavy atom. The number of fused-ring (bicyclic) bond motifs is 1. The van der Waals surface area contributed by atoms with E-state index >= 15 is 0 Å². The van der Waals surface area contributed by atoms with Gasteiger partial charge in [0.05, 0.1) is 59.4 Å². The van der Waals surface area contributed by atoms with Crippen LogP contribution in [0, 0.1) is 13.8 Å². The van der Waals surface area contributed by atoms with Gasteiger partial charge in [-0.05, 0) is 97.5 Å². The number of aryl methyl sites for hydroxylation is 5. The molecule has 0 bridgehead atoms. The van der Waals surface area contributed by atoms with Crippen molar-refractivity contribution in [2.24, 2.45) is 11.5 Å². The number of amides is 5. The number of hydrogen-bond acceptors (Lipinski definition) is 13. The van der Waals surface area contributed by atoms with Gasteiger partial charge in [-0.25, -0.2) is 9.97 Å². The number of primary amides is 2. The van der Waals surface area contributed by atoms with E-state index in [0.29, 0.717) is 122 Å². The molecule has 6 N–H and O–H groups in total. The lowest BCUT2D eigenvalue weighted by atomic mass is 10.0. The van der Waals surface area contributed by atoms with E-state index in [0.717, 1.165) is 5.69 Å². The summed E-state index contributed by atoms with van der Waals surface area (Å²) in [5.74, 6) is -1.33. The molecule has 0 saturated heterocycles. The predicted molar refractivity (Wildman–Crippen MR) is 256 cm³/mol. The van der Waals surface area contributed by atoms with E-state index in [-0.39, 0.29) is 42.2 Å². The molecule has 2 aromatic carbocycles. The predicted octanol–water partition coefficient (Wildman–Crippen LogP) is 3.41. The summed E-state index contributed by atoms with van der Waals surface area (Å²) < 4.78 is 19.0. The Hall–Kier alpha value is -7.33. The first-order valence-electron chi connectivity index (χ1n) is 22.7.